The van der Waals surface area contributed by atoms with E-state index in [0.717, 1.165) is 36.3 Å². The molecule has 0 spiro atoms. The molecule has 0 amide bonds. The highest BCUT2D eigenvalue weighted by Crippen LogP contribution is 2.20. The van der Waals surface area contributed by atoms with Crippen molar-refractivity contribution in [3.63, 3.8) is 0 Å². The highest BCUT2D eigenvalue weighted by atomic mass is 16.5. The average Bonchev–Trinajstić information content (AvgIpc) is 2.59. The predicted molar refractivity (Wildman–Crippen MR) is 88.5 cm³/mol. The Hall–Kier alpha value is -2.60. The summed E-state index contributed by atoms with van der Waals surface area (Å²) in [6, 6.07) is 13.4. The van der Waals surface area contributed by atoms with Gasteiger partial charge >= 0.3 is 0 Å². The number of benzene rings is 1. The second-order valence-electron chi connectivity index (χ2n) is 4.94. The van der Waals surface area contributed by atoms with E-state index in [1.54, 1.807) is 18.3 Å². The van der Waals surface area contributed by atoms with Gasteiger partial charge in [-0.2, -0.15) is 5.26 Å². The number of pyridine rings is 1. The fraction of sp³-hybridized carbons (Fsp3) is 0.263. The van der Waals surface area contributed by atoms with Crippen molar-refractivity contribution in [3.05, 3.63) is 60.3 Å². The second kappa shape index (κ2) is 8.63. The number of hydrogen-bond donors (Lipinski definition) is 0. The number of hydrogen-bond acceptors (Lipinski definition) is 3. The number of unbranched alkanes of at least 4 members (excludes halogenated alkanes) is 1. The van der Waals surface area contributed by atoms with Gasteiger partial charge in [-0.3, -0.25) is 4.98 Å². The van der Waals surface area contributed by atoms with Gasteiger partial charge in [-0.05, 0) is 43.5 Å². The smallest absolute Gasteiger partial charge is 0.137 e. The van der Waals surface area contributed by atoms with Gasteiger partial charge in [-0.15, -0.1) is 0 Å². The van der Waals surface area contributed by atoms with Gasteiger partial charge < -0.3 is 4.74 Å². The van der Waals surface area contributed by atoms with Crippen LogP contribution in [0.5, 0.6) is 5.75 Å². The normalized spacial score (nSPS) is 10.5. The Balaban J connectivity index is 1.87. The molecule has 1 aromatic heterocycles. The van der Waals surface area contributed by atoms with Crippen molar-refractivity contribution in [2.75, 3.05) is 6.61 Å². The largest absolute Gasteiger partial charge is 0.492 e. The van der Waals surface area contributed by atoms with Gasteiger partial charge in [0.1, 0.15) is 5.75 Å². The lowest BCUT2D eigenvalue weighted by molar-refractivity contribution is 0.311. The van der Waals surface area contributed by atoms with Crippen molar-refractivity contribution in [1.82, 2.24) is 4.98 Å². The standard InChI is InChI=1S/C19H20N2O/c1-2-3-4-5-6-13-22-18-11-12-19(21-15-18)17-9-7-16(14-20)8-10-17/h3-4,7-12,15H,2,5-6,13H2,1H3. The van der Waals surface area contributed by atoms with Crippen molar-refractivity contribution in [2.45, 2.75) is 26.2 Å². The molecule has 0 radical (unpaired) electrons. The molecule has 0 aliphatic rings. The van der Waals surface area contributed by atoms with Crippen molar-refractivity contribution in [3.8, 4) is 23.1 Å². The Morgan fingerprint density at radius 3 is 2.59 bits per heavy atom. The van der Waals surface area contributed by atoms with Crippen LogP contribution in [0.25, 0.3) is 11.3 Å². The third-order valence-electron chi connectivity index (χ3n) is 3.23. The number of rotatable bonds is 7. The molecule has 0 unspecified atom stereocenters. The van der Waals surface area contributed by atoms with E-state index in [-0.39, 0.29) is 0 Å². The topological polar surface area (TPSA) is 45.9 Å². The van der Waals surface area contributed by atoms with Crippen LogP contribution in [0.1, 0.15) is 31.7 Å². The minimum Gasteiger partial charge on any atom is -0.492 e. The van der Waals surface area contributed by atoms with E-state index in [9.17, 15) is 0 Å². The monoisotopic (exact) mass is 292 g/mol. The Morgan fingerprint density at radius 1 is 1.14 bits per heavy atom. The Kier molecular flexibility index (Phi) is 6.19. The molecular formula is C19H20N2O. The van der Waals surface area contributed by atoms with Crippen molar-refractivity contribution >= 4 is 0 Å². The molecular weight excluding hydrogens is 272 g/mol. The summed E-state index contributed by atoms with van der Waals surface area (Å²) in [6.07, 6.45) is 9.25. The molecule has 0 atom stereocenters. The van der Waals surface area contributed by atoms with Crippen LogP contribution >= 0.6 is 0 Å². The zero-order chi connectivity index (χ0) is 15.6. The lowest BCUT2D eigenvalue weighted by atomic mass is 10.1. The summed E-state index contributed by atoms with van der Waals surface area (Å²) in [6.45, 7) is 2.83. The molecule has 0 bridgehead atoms. The molecule has 2 rings (SSSR count). The van der Waals surface area contributed by atoms with Crippen LogP contribution in [0.2, 0.25) is 0 Å². The maximum absolute atomic E-state index is 8.80. The molecule has 3 heteroatoms. The number of allylic oxidation sites excluding steroid dienone is 2. The molecule has 0 fully saturated rings. The predicted octanol–water partition coefficient (Wildman–Crippen LogP) is 4.75. The van der Waals surface area contributed by atoms with Crippen LogP contribution in [0, 0.1) is 11.3 Å². The molecule has 0 aliphatic heterocycles. The molecule has 2 aromatic rings. The number of ether oxygens (including phenoxy) is 1. The molecule has 1 heterocycles. The third kappa shape index (κ3) is 4.75. The molecule has 112 valence electrons. The van der Waals surface area contributed by atoms with Gasteiger partial charge in [0.25, 0.3) is 0 Å². The second-order valence-corrected chi connectivity index (χ2v) is 4.94. The van der Waals surface area contributed by atoms with Crippen LogP contribution < -0.4 is 4.74 Å². The Bertz CT molecular complexity index is 637. The fourth-order valence-corrected chi connectivity index (χ4v) is 2.03. The summed E-state index contributed by atoms with van der Waals surface area (Å²) in [7, 11) is 0. The molecule has 1 aromatic carbocycles. The first-order valence-corrected chi connectivity index (χ1v) is 7.58. The van der Waals surface area contributed by atoms with Gasteiger partial charge in [-0.25, -0.2) is 0 Å². The third-order valence-corrected chi connectivity index (χ3v) is 3.23. The minimum atomic E-state index is 0.654. The number of nitriles is 1. The van der Waals surface area contributed by atoms with E-state index < -0.39 is 0 Å². The number of aromatic nitrogens is 1. The van der Waals surface area contributed by atoms with Gasteiger partial charge in [-0.1, -0.05) is 31.2 Å². The van der Waals surface area contributed by atoms with Gasteiger partial charge in [0.05, 0.1) is 30.1 Å². The molecule has 0 saturated heterocycles. The summed E-state index contributed by atoms with van der Waals surface area (Å²) in [5, 5.41) is 8.80. The zero-order valence-corrected chi connectivity index (χ0v) is 12.8. The maximum atomic E-state index is 8.80. The van der Waals surface area contributed by atoms with Crippen molar-refractivity contribution < 1.29 is 4.74 Å². The molecule has 3 nitrogen and oxygen atoms in total. The molecule has 0 saturated carbocycles. The molecule has 0 aliphatic carbocycles. The number of nitrogens with zero attached hydrogens (tertiary/aromatic N) is 2. The summed E-state index contributed by atoms with van der Waals surface area (Å²) >= 11 is 0. The molecule has 0 N–H and O–H groups in total. The summed E-state index contributed by atoms with van der Waals surface area (Å²) < 4.78 is 5.67. The van der Waals surface area contributed by atoms with Gasteiger partial charge in [0, 0.05) is 5.56 Å². The zero-order valence-electron chi connectivity index (χ0n) is 12.8. The van der Waals surface area contributed by atoms with Gasteiger partial charge in [0.2, 0.25) is 0 Å². The molecule has 22 heavy (non-hydrogen) atoms. The first-order chi connectivity index (χ1) is 10.8. The van der Waals surface area contributed by atoms with Crippen LogP contribution in [0.3, 0.4) is 0 Å². The Labute approximate surface area is 131 Å². The lowest BCUT2D eigenvalue weighted by Gasteiger charge is -2.06. The fourth-order valence-electron chi connectivity index (χ4n) is 2.03. The Morgan fingerprint density at radius 2 is 1.95 bits per heavy atom. The van der Waals surface area contributed by atoms with Crippen molar-refractivity contribution in [2.24, 2.45) is 0 Å². The maximum Gasteiger partial charge on any atom is 0.137 e. The average molecular weight is 292 g/mol. The van der Waals surface area contributed by atoms with Crippen molar-refractivity contribution in [1.29, 1.82) is 5.26 Å². The van der Waals surface area contributed by atoms with E-state index in [2.05, 4.69) is 30.1 Å². The summed E-state index contributed by atoms with van der Waals surface area (Å²) in [5.74, 6) is 0.789. The highest BCUT2D eigenvalue weighted by molar-refractivity contribution is 5.60. The summed E-state index contributed by atoms with van der Waals surface area (Å²) in [4.78, 5) is 4.41. The quantitative estimate of drug-likeness (QED) is 0.546. The lowest BCUT2D eigenvalue weighted by Crippen LogP contribution is -1.97. The van der Waals surface area contributed by atoms with Crippen LogP contribution in [-0.4, -0.2) is 11.6 Å². The van der Waals surface area contributed by atoms with E-state index >= 15 is 0 Å². The SMILES string of the molecule is CCC=CCCCOc1ccc(-c2ccc(C#N)cc2)nc1. The van der Waals surface area contributed by atoms with E-state index in [1.807, 2.05) is 24.3 Å². The highest BCUT2D eigenvalue weighted by Gasteiger charge is 2.01. The van der Waals surface area contributed by atoms with E-state index in [0.29, 0.717) is 12.2 Å². The first-order valence-electron chi connectivity index (χ1n) is 7.58. The minimum absolute atomic E-state index is 0.654. The van der Waals surface area contributed by atoms with Crippen LogP contribution in [0.15, 0.2) is 54.7 Å². The summed E-state index contributed by atoms with van der Waals surface area (Å²) in [5.41, 5.74) is 2.53. The van der Waals surface area contributed by atoms with E-state index in [4.69, 9.17) is 10.00 Å². The first kappa shape index (κ1) is 15.8. The van der Waals surface area contributed by atoms with E-state index in [1.165, 1.54) is 0 Å². The van der Waals surface area contributed by atoms with Gasteiger partial charge in [0.15, 0.2) is 0 Å². The van der Waals surface area contributed by atoms with Crippen LogP contribution in [0.4, 0.5) is 0 Å². The van der Waals surface area contributed by atoms with Crippen LogP contribution in [-0.2, 0) is 0 Å².